The molecule has 0 radical (unpaired) electrons. The van der Waals surface area contributed by atoms with Gasteiger partial charge in [0.2, 0.25) is 0 Å². The number of amides is 1. The molecule has 0 bridgehead atoms. The van der Waals surface area contributed by atoms with Gasteiger partial charge in [-0.3, -0.25) is 14.8 Å². The number of nitrogens with one attached hydrogen (secondary N) is 1. The third-order valence-corrected chi connectivity index (χ3v) is 4.57. The van der Waals surface area contributed by atoms with E-state index in [1.54, 1.807) is 0 Å². The zero-order valence-corrected chi connectivity index (χ0v) is 13.0. The van der Waals surface area contributed by atoms with E-state index < -0.39 is 5.82 Å². The van der Waals surface area contributed by atoms with Crippen LogP contribution in [0.2, 0.25) is 0 Å². The maximum Gasteiger partial charge on any atom is 0.253 e. The van der Waals surface area contributed by atoms with Gasteiger partial charge < -0.3 is 11.1 Å². The van der Waals surface area contributed by atoms with E-state index in [0.29, 0.717) is 23.5 Å². The van der Waals surface area contributed by atoms with Gasteiger partial charge in [0.15, 0.2) is 0 Å². The molecule has 1 aromatic carbocycles. The van der Waals surface area contributed by atoms with Crippen molar-refractivity contribution < 1.29 is 9.18 Å². The third-order valence-electron chi connectivity index (χ3n) is 4.57. The molecule has 1 heterocycles. The van der Waals surface area contributed by atoms with E-state index >= 15 is 0 Å². The van der Waals surface area contributed by atoms with Crippen molar-refractivity contribution in [1.29, 1.82) is 0 Å². The molecule has 23 heavy (non-hydrogen) atoms. The number of rotatable bonds is 4. The lowest BCUT2D eigenvalue weighted by atomic mass is 9.84. The highest BCUT2D eigenvalue weighted by Crippen LogP contribution is 2.26. The summed E-state index contributed by atoms with van der Waals surface area (Å²) in [6, 6.07) is 2.40. The van der Waals surface area contributed by atoms with Gasteiger partial charge in [-0.2, -0.15) is 0 Å². The Bertz CT molecular complexity index is 700. The SMILES string of the molecule is NCC(NC(=O)c1cc(F)cc2nccnc12)C1CCCCC1. The molecular weight excluding hydrogens is 295 g/mol. The Balaban J connectivity index is 1.84. The normalized spacial score (nSPS) is 17.1. The largest absolute Gasteiger partial charge is 0.348 e. The van der Waals surface area contributed by atoms with E-state index in [1.807, 2.05) is 0 Å². The molecule has 3 rings (SSSR count). The fourth-order valence-electron chi connectivity index (χ4n) is 3.37. The van der Waals surface area contributed by atoms with Crippen molar-refractivity contribution in [3.05, 3.63) is 35.9 Å². The van der Waals surface area contributed by atoms with Crippen molar-refractivity contribution in [2.45, 2.75) is 38.1 Å². The van der Waals surface area contributed by atoms with Crippen LogP contribution in [0.4, 0.5) is 4.39 Å². The molecule has 1 saturated carbocycles. The molecule has 6 heteroatoms. The number of fused-ring (bicyclic) bond motifs is 1. The second-order valence-corrected chi connectivity index (χ2v) is 6.09. The monoisotopic (exact) mass is 316 g/mol. The van der Waals surface area contributed by atoms with Crippen LogP contribution in [0, 0.1) is 11.7 Å². The Morgan fingerprint density at radius 2 is 2.00 bits per heavy atom. The Morgan fingerprint density at radius 1 is 1.26 bits per heavy atom. The van der Waals surface area contributed by atoms with E-state index in [0.717, 1.165) is 12.8 Å². The lowest BCUT2D eigenvalue weighted by molar-refractivity contribution is 0.0916. The summed E-state index contributed by atoms with van der Waals surface area (Å²) in [5.74, 6) is -0.440. The lowest BCUT2D eigenvalue weighted by Gasteiger charge is -2.30. The quantitative estimate of drug-likeness (QED) is 0.907. The maximum absolute atomic E-state index is 13.8. The van der Waals surface area contributed by atoms with Crippen LogP contribution in [0.1, 0.15) is 42.5 Å². The van der Waals surface area contributed by atoms with Crippen molar-refractivity contribution >= 4 is 16.9 Å². The zero-order chi connectivity index (χ0) is 16.2. The molecule has 1 aliphatic carbocycles. The summed E-state index contributed by atoms with van der Waals surface area (Å²) in [6.07, 6.45) is 8.72. The number of carbonyl (C=O) groups excluding carboxylic acids is 1. The maximum atomic E-state index is 13.8. The minimum Gasteiger partial charge on any atom is -0.348 e. The first-order chi connectivity index (χ1) is 11.2. The van der Waals surface area contributed by atoms with Crippen molar-refractivity contribution in [1.82, 2.24) is 15.3 Å². The second kappa shape index (κ2) is 7.00. The van der Waals surface area contributed by atoms with Gasteiger partial charge >= 0.3 is 0 Å². The number of nitrogens with zero attached hydrogens (tertiary/aromatic N) is 2. The Morgan fingerprint density at radius 3 is 2.74 bits per heavy atom. The van der Waals surface area contributed by atoms with Gasteiger partial charge in [-0.25, -0.2) is 4.39 Å². The summed E-state index contributed by atoms with van der Waals surface area (Å²) in [4.78, 5) is 20.9. The predicted octanol–water partition coefficient (Wildman–Crippen LogP) is 2.41. The van der Waals surface area contributed by atoms with E-state index in [9.17, 15) is 9.18 Å². The Labute approximate surface area is 134 Å². The average Bonchev–Trinajstić information content (AvgIpc) is 2.59. The first-order valence-corrected chi connectivity index (χ1v) is 8.10. The van der Waals surface area contributed by atoms with Gasteiger partial charge in [-0.05, 0) is 24.8 Å². The first kappa shape index (κ1) is 15.8. The van der Waals surface area contributed by atoms with Crippen molar-refractivity contribution in [2.24, 2.45) is 11.7 Å². The molecular formula is C17H21FN4O. The van der Waals surface area contributed by atoms with Crippen LogP contribution in [0.5, 0.6) is 0 Å². The van der Waals surface area contributed by atoms with Crippen molar-refractivity contribution in [3.8, 4) is 0 Å². The lowest BCUT2D eigenvalue weighted by Crippen LogP contribution is -2.46. The van der Waals surface area contributed by atoms with Crippen molar-refractivity contribution in [3.63, 3.8) is 0 Å². The van der Waals surface area contributed by atoms with Crippen LogP contribution >= 0.6 is 0 Å². The standard InChI is InChI=1S/C17H21FN4O/c18-12-8-13(16-14(9-12)20-6-7-21-16)17(23)22-15(10-19)11-4-2-1-3-5-11/h6-9,11,15H,1-5,10,19H2,(H,22,23). The smallest absolute Gasteiger partial charge is 0.253 e. The summed E-state index contributed by atoms with van der Waals surface area (Å²) in [6.45, 7) is 0.384. The van der Waals surface area contributed by atoms with Crippen LogP contribution in [0.3, 0.4) is 0 Å². The van der Waals surface area contributed by atoms with Crippen LogP contribution in [-0.2, 0) is 0 Å². The van der Waals surface area contributed by atoms with Gasteiger partial charge in [0.25, 0.3) is 5.91 Å². The predicted molar refractivity (Wildman–Crippen MR) is 86.4 cm³/mol. The molecule has 0 spiro atoms. The van der Waals surface area contributed by atoms with Gasteiger partial charge in [0.1, 0.15) is 11.3 Å². The topological polar surface area (TPSA) is 80.9 Å². The van der Waals surface area contributed by atoms with Gasteiger partial charge in [-0.15, -0.1) is 0 Å². The number of carbonyl (C=O) groups is 1. The molecule has 2 aromatic rings. The highest BCUT2D eigenvalue weighted by Gasteiger charge is 2.25. The molecule has 1 unspecified atom stereocenters. The van der Waals surface area contributed by atoms with Gasteiger partial charge in [-0.1, -0.05) is 19.3 Å². The van der Waals surface area contributed by atoms with E-state index in [4.69, 9.17) is 5.73 Å². The second-order valence-electron chi connectivity index (χ2n) is 6.09. The molecule has 1 amide bonds. The summed E-state index contributed by atoms with van der Waals surface area (Å²) in [5.41, 5.74) is 6.85. The van der Waals surface area contributed by atoms with Gasteiger partial charge in [0, 0.05) is 31.0 Å². The van der Waals surface area contributed by atoms with E-state index in [-0.39, 0.29) is 17.5 Å². The number of halogens is 1. The fourth-order valence-corrected chi connectivity index (χ4v) is 3.37. The van der Waals surface area contributed by atoms with Crippen LogP contribution < -0.4 is 11.1 Å². The average molecular weight is 316 g/mol. The molecule has 3 N–H and O–H groups in total. The molecule has 0 saturated heterocycles. The van der Waals surface area contributed by atoms with Crippen LogP contribution in [0.15, 0.2) is 24.5 Å². The third kappa shape index (κ3) is 3.47. The summed E-state index contributed by atoms with van der Waals surface area (Å²) >= 11 is 0. The van der Waals surface area contributed by atoms with E-state index in [2.05, 4.69) is 15.3 Å². The molecule has 0 aliphatic heterocycles. The minimum atomic E-state index is -0.495. The molecule has 1 atom stereocenters. The summed E-state index contributed by atoms with van der Waals surface area (Å²) in [7, 11) is 0. The molecule has 1 aromatic heterocycles. The highest BCUT2D eigenvalue weighted by atomic mass is 19.1. The molecule has 5 nitrogen and oxygen atoms in total. The first-order valence-electron chi connectivity index (χ1n) is 8.10. The number of nitrogens with two attached hydrogens (primary N) is 1. The Hall–Kier alpha value is -2.08. The number of hydrogen-bond acceptors (Lipinski definition) is 4. The van der Waals surface area contributed by atoms with Crippen LogP contribution in [0.25, 0.3) is 11.0 Å². The van der Waals surface area contributed by atoms with Crippen molar-refractivity contribution in [2.75, 3.05) is 6.54 Å². The summed E-state index contributed by atoms with van der Waals surface area (Å²) < 4.78 is 13.8. The number of benzene rings is 1. The van der Waals surface area contributed by atoms with Crippen LogP contribution in [-0.4, -0.2) is 28.5 Å². The minimum absolute atomic E-state index is 0.0854. The summed E-state index contributed by atoms with van der Waals surface area (Å²) in [5, 5.41) is 2.97. The molecule has 1 fully saturated rings. The molecule has 1 aliphatic rings. The number of hydrogen-bond donors (Lipinski definition) is 2. The fraction of sp³-hybridized carbons (Fsp3) is 0.471. The van der Waals surface area contributed by atoms with E-state index in [1.165, 1.54) is 43.8 Å². The Kier molecular flexibility index (Phi) is 4.81. The zero-order valence-electron chi connectivity index (χ0n) is 13.0. The van der Waals surface area contributed by atoms with Gasteiger partial charge in [0.05, 0.1) is 11.1 Å². The highest BCUT2D eigenvalue weighted by molar-refractivity contribution is 6.04. The number of aromatic nitrogens is 2. The molecule has 122 valence electrons.